The van der Waals surface area contributed by atoms with Gasteiger partial charge in [-0.25, -0.2) is 9.97 Å². The molecule has 1 aromatic carbocycles. The summed E-state index contributed by atoms with van der Waals surface area (Å²) in [5.74, 6) is 1.18. The summed E-state index contributed by atoms with van der Waals surface area (Å²) >= 11 is 13.6. The Labute approximate surface area is 186 Å². The fraction of sp³-hybridized carbons (Fsp3) is 0.450. The first-order valence-electron chi connectivity index (χ1n) is 9.70. The smallest absolute Gasteiger partial charge is 0.233 e. The molecule has 6 nitrogen and oxygen atoms in total. The van der Waals surface area contributed by atoms with Gasteiger partial charge in [-0.3, -0.25) is 4.79 Å². The number of rotatable bonds is 7. The molecule has 29 heavy (non-hydrogen) atoms. The van der Waals surface area contributed by atoms with Crippen LogP contribution in [0.25, 0.3) is 0 Å². The van der Waals surface area contributed by atoms with E-state index in [1.165, 1.54) is 11.8 Å². The molecule has 0 spiro atoms. The average molecular weight is 454 g/mol. The van der Waals surface area contributed by atoms with Gasteiger partial charge in [-0.05, 0) is 32.0 Å². The molecule has 1 fully saturated rings. The Balaban J connectivity index is 1.54. The molecule has 0 atom stereocenters. The van der Waals surface area contributed by atoms with Gasteiger partial charge >= 0.3 is 0 Å². The molecule has 0 unspecified atom stereocenters. The Morgan fingerprint density at radius 1 is 1.10 bits per heavy atom. The van der Waals surface area contributed by atoms with E-state index in [0.717, 1.165) is 42.7 Å². The Morgan fingerprint density at radius 3 is 2.48 bits per heavy atom. The molecule has 156 valence electrons. The molecule has 9 heteroatoms. The normalized spacial score (nSPS) is 14.2. The van der Waals surface area contributed by atoms with Gasteiger partial charge in [0.15, 0.2) is 5.16 Å². The lowest BCUT2D eigenvalue weighted by Gasteiger charge is -2.36. The Kier molecular flexibility index (Phi) is 7.86. The number of hydrogen-bond donors (Lipinski definition) is 0. The highest BCUT2D eigenvalue weighted by molar-refractivity contribution is 7.99. The summed E-state index contributed by atoms with van der Waals surface area (Å²) in [6, 6.07) is 9.58. The van der Waals surface area contributed by atoms with Crippen LogP contribution in [0, 0.1) is 0 Å². The summed E-state index contributed by atoms with van der Waals surface area (Å²) in [5, 5.41) is 1.65. The zero-order chi connectivity index (χ0) is 20.8. The van der Waals surface area contributed by atoms with Crippen LogP contribution >= 0.6 is 35.0 Å². The van der Waals surface area contributed by atoms with E-state index >= 15 is 0 Å². The second kappa shape index (κ2) is 10.4. The minimum atomic E-state index is 0.0914. The lowest BCUT2D eigenvalue weighted by Crippen LogP contribution is -2.49. The number of carbonyl (C=O) groups excluding carboxylic acids is 1. The predicted octanol–water partition coefficient (Wildman–Crippen LogP) is 4.07. The number of thioether (sulfide) groups is 1. The van der Waals surface area contributed by atoms with Gasteiger partial charge in [-0.2, -0.15) is 0 Å². The van der Waals surface area contributed by atoms with Crippen molar-refractivity contribution in [2.24, 2.45) is 0 Å². The van der Waals surface area contributed by atoms with Gasteiger partial charge in [-0.1, -0.05) is 41.0 Å². The zero-order valence-electron chi connectivity index (χ0n) is 16.6. The van der Waals surface area contributed by atoms with Crippen LogP contribution in [0.2, 0.25) is 10.2 Å². The third kappa shape index (κ3) is 5.90. The Morgan fingerprint density at radius 2 is 1.83 bits per heavy atom. The lowest BCUT2D eigenvalue weighted by atomic mass is 10.2. The van der Waals surface area contributed by atoms with E-state index in [-0.39, 0.29) is 5.91 Å². The van der Waals surface area contributed by atoms with Crippen molar-refractivity contribution in [3.8, 4) is 0 Å². The fourth-order valence-electron chi connectivity index (χ4n) is 3.26. The van der Waals surface area contributed by atoms with Crippen LogP contribution in [0.15, 0.2) is 35.5 Å². The summed E-state index contributed by atoms with van der Waals surface area (Å²) < 4.78 is 0. The number of carbonyl (C=O) groups is 1. The number of amides is 1. The van der Waals surface area contributed by atoms with Crippen LogP contribution < -0.4 is 9.80 Å². The van der Waals surface area contributed by atoms with Crippen molar-refractivity contribution in [3.63, 3.8) is 0 Å². The molecule has 1 aromatic heterocycles. The van der Waals surface area contributed by atoms with Gasteiger partial charge in [0.1, 0.15) is 11.0 Å². The molecule has 1 aliphatic rings. The maximum absolute atomic E-state index is 12.7. The predicted molar refractivity (Wildman–Crippen MR) is 122 cm³/mol. The molecular weight excluding hydrogens is 429 g/mol. The first-order chi connectivity index (χ1) is 14.0. The largest absolute Gasteiger partial charge is 0.368 e. The third-order valence-corrected chi connectivity index (χ3v) is 6.14. The molecule has 0 saturated carbocycles. The van der Waals surface area contributed by atoms with E-state index in [1.807, 2.05) is 29.2 Å². The number of nitrogens with zero attached hydrogens (tertiary/aromatic N) is 5. The molecule has 0 aliphatic carbocycles. The first-order valence-corrected chi connectivity index (χ1v) is 11.4. The maximum Gasteiger partial charge on any atom is 0.233 e. The van der Waals surface area contributed by atoms with Crippen LogP contribution in [0.1, 0.15) is 13.8 Å². The molecule has 2 aromatic rings. The summed E-state index contributed by atoms with van der Waals surface area (Å²) in [5.41, 5.74) is 1.09. The van der Waals surface area contributed by atoms with Gasteiger partial charge in [0.05, 0.1) is 5.75 Å². The highest BCUT2D eigenvalue weighted by atomic mass is 35.5. The van der Waals surface area contributed by atoms with Crippen LogP contribution in [-0.2, 0) is 4.79 Å². The quantitative estimate of drug-likeness (QED) is 0.357. The second-order valence-corrected chi connectivity index (χ2v) is 8.41. The molecule has 0 N–H and O–H groups in total. The van der Waals surface area contributed by atoms with Crippen molar-refractivity contribution in [1.29, 1.82) is 0 Å². The molecular formula is C20H25Cl2N5OS. The summed E-state index contributed by atoms with van der Waals surface area (Å²) in [4.78, 5) is 27.7. The molecule has 1 amide bonds. The summed E-state index contributed by atoms with van der Waals surface area (Å²) in [6.07, 6.45) is 0. The Bertz CT molecular complexity index is 841. The van der Waals surface area contributed by atoms with E-state index < -0.39 is 0 Å². The molecule has 1 saturated heterocycles. The number of anilines is 2. The van der Waals surface area contributed by atoms with Gasteiger partial charge < -0.3 is 14.7 Å². The van der Waals surface area contributed by atoms with Crippen LogP contribution in [-0.4, -0.2) is 65.8 Å². The van der Waals surface area contributed by atoms with E-state index in [2.05, 4.69) is 33.6 Å². The van der Waals surface area contributed by atoms with Crippen molar-refractivity contribution in [2.75, 3.05) is 54.8 Å². The van der Waals surface area contributed by atoms with Crippen molar-refractivity contribution in [1.82, 2.24) is 14.9 Å². The van der Waals surface area contributed by atoms with Crippen molar-refractivity contribution in [2.45, 2.75) is 19.0 Å². The monoisotopic (exact) mass is 453 g/mol. The van der Waals surface area contributed by atoms with Crippen LogP contribution in [0.3, 0.4) is 0 Å². The van der Waals surface area contributed by atoms with Crippen LogP contribution in [0.4, 0.5) is 11.5 Å². The number of halogens is 2. The Hall–Kier alpha value is -1.70. The maximum atomic E-state index is 12.7. The zero-order valence-corrected chi connectivity index (χ0v) is 19.0. The van der Waals surface area contributed by atoms with E-state index in [9.17, 15) is 4.79 Å². The summed E-state index contributed by atoms with van der Waals surface area (Å²) in [7, 11) is 0. The third-order valence-electron chi connectivity index (χ3n) is 4.88. The average Bonchev–Trinajstić information content (AvgIpc) is 2.73. The fourth-order valence-corrected chi connectivity index (χ4v) is 4.43. The number of piperazine rings is 1. The molecule has 2 heterocycles. The molecule has 3 rings (SSSR count). The minimum absolute atomic E-state index is 0.0914. The topological polar surface area (TPSA) is 52.6 Å². The molecule has 0 bridgehead atoms. The number of aromatic nitrogens is 2. The van der Waals surface area contributed by atoms with Crippen LogP contribution in [0.5, 0.6) is 0 Å². The second-order valence-electron chi connectivity index (χ2n) is 6.64. The van der Waals surface area contributed by atoms with Crippen molar-refractivity contribution < 1.29 is 4.79 Å². The SMILES string of the molecule is CCN(CC)c1cc(Cl)nc(SCC(=O)N2CCN(c3cccc(Cl)c3)CC2)n1. The highest BCUT2D eigenvalue weighted by Crippen LogP contribution is 2.23. The van der Waals surface area contributed by atoms with Gasteiger partial charge in [0, 0.05) is 56.0 Å². The van der Waals surface area contributed by atoms with Gasteiger partial charge in [0.25, 0.3) is 0 Å². The van der Waals surface area contributed by atoms with Gasteiger partial charge in [-0.15, -0.1) is 0 Å². The van der Waals surface area contributed by atoms with E-state index in [4.69, 9.17) is 23.2 Å². The number of hydrogen-bond acceptors (Lipinski definition) is 6. The first kappa shape index (κ1) is 22.0. The standard InChI is InChI=1S/C20H25Cl2N5OS/c1-3-25(4-2)18-13-17(22)23-20(24-18)29-14-19(28)27-10-8-26(9-11-27)16-7-5-6-15(21)12-16/h5-7,12-13H,3-4,8-11,14H2,1-2H3. The number of benzene rings is 1. The van der Waals surface area contributed by atoms with Gasteiger partial charge in [0.2, 0.25) is 5.91 Å². The highest BCUT2D eigenvalue weighted by Gasteiger charge is 2.22. The van der Waals surface area contributed by atoms with E-state index in [1.54, 1.807) is 6.07 Å². The lowest BCUT2D eigenvalue weighted by molar-refractivity contribution is -0.128. The minimum Gasteiger partial charge on any atom is -0.368 e. The van der Waals surface area contributed by atoms with Crippen molar-refractivity contribution in [3.05, 3.63) is 40.5 Å². The summed E-state index contributed by atoms with van der Waals surface area (Å²) in [6.45, 7) is 8.76. The molecule has 0 radical (unpaired) electrons. The molecule has 1 aliphatic heterocycles. The van der Waals surface area contributed by atoms with E-state index in [0.29, 0.717) is 29.2 Å². The van der Waals surface area contributed by atoms with Crippen molar-refractivity contribution >= 4 is 52.4 Å².